The fourth-order valence-electron chi connectivity index (χ4n) is 2.44. The topological polar surface area (TPSA) is 46.6 Å². The Morgan fingerprint density at radius 3 is 2.70 bits per heavy atom. The Bertz CT molecular complexity index is 588. The third kappa shape index (κ3) is 3.01. The lowest BCUT2D eigenvalue weighted by Crippen LogP contribution is -2.51. The minimum absolute atomic E-state index is 0.180. The number of aryl methyl sites for hydroxylation is 2. The van der Waals surface area contributed by atoms with Crippen LogP contribution in [-0.2, 0) is 14.8 Å². The third-order valence-corrected chi connectivity index (χ3v) is 6.02. The molecule has 2 unspecified atom stereocenters. The first-order chi connectivity index (χ1) is 9.36. The minimum atomic E-state index is -3.51. The van der Waals surface area contributed by atoms with Crippen LogP contribution in [0.4, 0.5) is 0 Å². The van der Waals surface area contributed by atoms with Crippen LogP contribution in [0.5, 0.6) is 0 Å². The predicted octanol–water partition coefficient (Wildman–Crippen LogP) is 2.32. The molecule has 1 aliphatic heterocycles. The van der Waals surface area contributed by atoms with Crippen LogP contribution < -0.4 is 0 Å². The van der Waals surface area contributed by atoms with Gasteiger partial charge in [0.05, 0.1) is 17.6 Å². The van der Waals surface area contributed by atoms with E-state index >= 15 is 0 Å². The third-order valence-electron chi connectivity index (χ3n) is 3.54. The first kappa shape index (κ1) is 15.8. The number of morpholine rings is 1. The second kappa shape index (κ2) is 6.02. The normalized spacial score (nSPS) is 24.8. The van der Waals surface area contributed by atoms with Gasteiger partial charge in [-0.15, -0.1) is 11.6 Å². The Morgan fingerprint density at radius 1 is 1.40 bits per heavy atom. The van der Waals surface area contributed by atoms with Crippen LogP contribution in [0.2, 0.25) is 0 Å². The minimum Gasteiger partial charge on any atom is -0.374 e. The van der Waals surface area contributed by atoms with Crippen LogP contribution in [0.1, 0.15) is 18.1 Å². The summed E-state index contributed by atoms with van der Waals surface area (Å²) in [6.07, 6.45) is -0.242. The van der Waals surface area contributed by atoms with E-state index in [1.54, 1.807) is 6.07 Å². The standard InChI is InChI=1S/C14H20ClNO3S/c1-10-4-5-14(11(2)6-10)20(17,18)16-8-13(7-15)19-9-12(16)3/h4-6,12-13H,7-9H2,1-3H3. The fraction of sp³-hybridized carbons (Fsp3) is 0.571. The van der Waals surface area contributed by atoms with Crippen molar-refractivity contribution >= 4 is 21.6 Å². The van der Waals surface area contributed by atoms with E-state index in [1.165, 1.54) is 4.31 Å². The zero-order chi connectivity index (χ0) is 14.9. The zero-order valence-corrected chi connectivity index (χ0v) is 13.5. The Morgan fingerprint density at radius 2 is 2.10 bits per heavy atom. The van der Waals surface area contributed by atoms with E-state index in [0.29, 0.717) is 23.9 Å². The summed E-state index contributed by atoms with van der Waals surface area (Å²) in [7, 11) is -3.51. The molecule has 2 atom stereocenters. The molecule has 0 N–H and O–H groups in total. The largest absolute Gasteiger partial charge is 0.374 e. The van der Waals surface area contributed by atoms with Gasteiger partial charge in [0.25, 0.3) is 0 Å². The maximum absolute atomic E-state index is 12.8. The molecule has 0 saturated carbocycles. The van der Waals surface area contributed by atoms with Gasteiger partial charge < -0.3 is 4.74 Å². The Balaban J connectivity index is 2.38. The highest BCUT2D eigenvalue weighted by atomic mass is 35.5. The molecule has 1 heterocycles. The van der Waals surface area contributed by atoms with Crippen molar-refractivity contribution < 1.29 is 13.2 Å². The molecule has 1 aliphatic rings. The number of hydrogen-bond acceptors (Lipinski definition) is 3. The lowest BCUT2D eigenvalue weighted by atomic mass is 10.2. The van der Waals surface area contributed by atoms with Gasteiger partial charge in [0.2, 0.25) is 10.0 Å². The number of ether oxygens (including phenoxy) is 1. The van der Waals surface area contributed by atoms with Crippen LogP contribution in [0.3, 0.4) is 0 Å². The maximum atomic E-state index is 12.8. The summed E-state index contributed by atoms with van der Waals surface area (Å²) in [6, 6.07) is 5.21. The average molecular weight is 318 g/mol. The Hall–Kier alpha value is -0.620. The van der Waals surface area contributed by atoms with Crippen LogP contribution >= 0.6 is 11.6 Å². The van der Waals surface area contributed by atoms with E-state index in [2.05, 4.69) is 0 Å². The Kier molecular flexibility index (Phi) is 4.74. The van der Waals surface area contributed by atoms with Gasteiger partial charge in [-0.25, -0.2) is 8.42 Å². The first-order valence-corrected chi connectivity index (χ1v) is 8.60. The van der Waals surface area contributed by atoms with E-state index in [1.807, 2.05) is 32.9 Å². The van der Waals surface area contributed by atoms with Crippen LogP contribution in [0, 0.1) is 13.8 Å². The number of sulfonamides is 1. The van der Waals surface area contributed by atoms with Gasteiger partial charge in [0.1, 0.15) is 0 Å². The van der Waals surface area contributed by atoms with Crippen molar-refractivity contribution in [2.24, 2.45) is 0 Å². The molecule has 0 aliphatic carbocycles. The maximum Gasteiger partial charge on any atom is 0.243 e. The van der Waals surface area contributed by atoms with Gasteiger partial charge in [-0.1, -0.05) is 17.7 Å². The summed E-state index contributed by atoms with van der Waals surface area (Å²) in [5, 5.41) is 0. The predicted molar refractivity (Wildman–Crippen MR) is 79.7 cm³/mol. The highest BCUT2D eigenvalue weighted by molar-refractivity contribution is 7.89. The van der Waals surface area contributed by atoms with Crippen LogP contribution in [0.25, 0.3) is 0 Å². The highest BCUT2D eigenvalue weighted by Crippen LogP contribution is 2.25. The second-order valence-corrected chi connectivity index (χ2v) is 7.47. The summed E-state index contributed by atoms with van der Waals surface area (Å²) in [6.45, 7) is 6.31. The smallest absolute Gasteiger partial charge is 0.243 e. The molecule has 112 valence electrons. The molecular weight excluding hydrogens is 298 g/mol. The molecule has 0 spiro atoms. The molecular formula is C14H20ClNO3S. The number of alkyl halides is 1. The van der Waals surface area contributed by atoms with Crippen molar-refractivity contribution in [3.63, 3.8) is 0 Å². The molecule has 0 radical (unpaired) electrons. The summed E-state index contributed by atoms with van der Waals surface area (Å²) >= 11 is 5.80. The number of rotatable bonds is 3. The number of hydrogen-bond donors (Lipinski definition) is 0. The summed E-state index contributed by atoms with van der Waals surface area (Å²) in [5.74, 6) is 0.297. The van der Waals surface area contributed by atoms with Crippen molar-refractivity contribution in [3.05, 3.63) is 29.3 Å². The molecule has 4 nitrogen and oxygen atoms in total. The molecule has 20 heavy (non-hydrogen) atoms. The fourth-order valence-corrected chi connectivity index (χ4v) is 4.48. The summed E-state index contributed by atoms with van der Waals surface area (Å²) in [5.41, 5.74) is 1.82. The zero-order valence-electron chi connectivity index (χ0n) is 12.0. The van der Waals surface area contributed by atoms with Gasteiger partial charge in [0, 0.05) is 18.5 Å². The summed E-state index contributed by atoms with van der Waals surface area (Å²) < 4.78 is 32.7. The van der Waals surface area contributed by atoms with Crippen molar-refractivity contribution in [2.45, 2.75) is 37.8 Å². The van der Waals surface area contributed by atoms with E-state index in [9.17, 15) is 8.42 Å². The van der Waals surface area contributed by atoms with Crippen molar-refractivity contribution in [1.29, 1.82) is 0 Å². The lowest BCUT2D eigenvalue weighted by Gasteiger charge is -2.36. The lowest BCUT2D eigenvalue weighted by molar-refractivity contribution is -0.0152. The van der Waals surface area contributed by atoms with Crippen LogP contribution in [-0.4, -0.2) is 43.9 Å². The molecule has 1 aromatic rings. The second-order valence-electron chi connectivity index (χ2n) is 5.30. The van der Waals surface area contributed by atoms with Gasteiger partial charge >= 0.3 is 0 Å². The van der Waals surface area contributed by atoms with E-state index < -0.39 is 10.0 Å². The van der Waals surface area contributed by atoms with Gasteiger partial charge in [-0.3, -0.25) is 0 Å². The highest BCUT2D eigenvalue weighted by Gasteiger charge is 2.35. The molecule has 1 saturated heterocycles. The SMILES string of the molecule is Cc1ccc(S(=O)(=O)N2CC(CCl)OCC2C)c(C)c1. The van der Waals surface area contributed by atoms with Gasteiger partial charge in [-0.05, 0) is 32.4 Å². The first-order valence-electron chi connectivity index (χ1n) is 6.63. The van der Waals surface area contributed by atoms with Crippen molar-refractivity contribution in [2.75, 3.05) is 19.0 Å². The number of benzene rings is 1. The van der Waals surface area contributed by atoms with E-state index in [4.69, 9.17) is 16.3 Å². The molecule has 0 aromatic heterocycles. The molecule has 2 rings (SSSR count). The van der Waals surface area contributed by atoms with Crippen molar-refractivity contribution in [1.82, 2.24) is 4.31 Å². The monoisotopic (exact) mass is 317 g/mol. The quantitative estimate of drug-likeness (QED) is 0.804. The number of halogens is 1. The molecule has 0 amide bonds. The van der Waals surface area contributed by atoms with Gasteiger partial charge in [-0.2, -0.15) is 4.31 Å². The van der Waals surface area contributed by atoms with Crippen LogP contribution in [0.15, 0.2) is 23.1 Å². The molecule has 6 heteroatoms. The number of nitrogens with zero attached hydrogens (tertiary/aromatic N) is 1. The molecule has 1 aromatic carbocycles. The average Bonchev–Trinajstić information content (AvgIpc) is 2.38. The van der Waals surface area contributed by atoms with Crippen molar-refractivity contribution in [3.8, 4) is 0 Å². The van der Waals surface area contributed by atoms with E-state index in [0.717, 1.165) is 11.1 Å². The van der Waals surface area contributed by atoms with Gasteiger partial charge in [0.15, 0.2) is 0 Å². The molecule has 1 fully saturated rings. The van der Waals surface area contributed by atoms with E-state index in [-0.39, 0.29) is 12.1 Å². The molecule has 0 bridgehead atoms. The Labute approximate surface area is 125 Å². The summed E-state index contributed by atoms with van der Waals surface area (Å²) in [4.78, 5) is 0.366.